The van der Waals surface area contributed by atoms with Gasteiger partial charge in [-0.2, -0.15) is 0 Å². The Hall–Kier alpha value is -1.59. The molecule has 0 aliphatic heterocycles. The standard InChI is InChI=1S/C12H14ClN3O2/c1-8(13)11-15-16-12(18-11)14-10-5-3-4-9(6-10)7-17-2/h3-6,8H,7H2,1-2H3,(H,14,16). The summed E-state index contributed by atoms with van der Waals surface area (Å²) in [7, 11) is 1.66. The Labute approximate surface area is 110 Å². The molecule has 18 heavy (non-hydrogen) atoms. The van der Waals surface area contributed by atoms with Gasteiger partial charge in [-0.25, -0.2) is 0 Å². The van der Waals surface area contributed by atoms with E-state index in [0.29, 0.717) is 18.5 Å². The SMILES string of the molecule is COCc1cccc(Nc2nnc(C(C)Cl)o2)c1. The molecule has 96 valence electrons. The van der Waals surface area contributed by atoms with Crippen LogP contribution in [0.2, 0.25) is 0 Å². The number of benzene rings is 1. The van der Waals surface area contributed by atoms with E-state index >= 15 is 0 Å². The molecule has 0 bridgehead atoms. The van der Waals surface area contributed by atoms with Gasteiger partial charge in [0.2, 0.25) is 5.89 Å². The molecule has 1 heterocycles. The Kier molecular flexibility index (Phi) is 4.17. The van der Waals surface area contributed by atoms with Crippen LogP contribution >= 0.6 is 11.6 Å². The van der Waals surface area contributed by atoms with Crippen molar-refractivity contribution < 1.29 is 9.15 Å². The van der Waals surface area contributed by atoms with Gasteiger partial charge < -0.3 is 14.5 Å². The maximum absolute atomic E-state index is 5.85. The number of nitrogens with one attached hydrogen (secondary N) is 1. The number of aromatic nitrogens is 2. The predicted molar refractivity (Wildman–Crippen MR) is 69.0 cm³/mol. The van der Waals surface area contributed by atoms with Gasteiger partial charge in [-0.05, 0) is 24.6 Å². The van der Waals surface area contributed by atoms with Crippen molar-refractivity contribution in [2.75, 3.05) is 12.4 Å². The maximum Gasteiger partial charge on any atom is 0.320 e. The number of anilines is 2. The predicted octanol–water partition coefficient (Wildman–Crippen LogP) is 3.26. The average molecular weight is 268 g/mol. The van der Waals surface area contributed by atoms with Crippen molar-refractivity contribution in [3.63, 3.8) is 0 Å². The van der Waals surface area contributed by atoms with Crippen molar-refractivity contribution in [1.82, 2.24) is 10.2 Å². The molecule has 0 aliphatic carbocycles. The highest BCUT2D eigenvalue weighted by atomic mass is 35.5. The van der Waals surface area contributed by atoms with Crippen LogP contribution in [-0.2, 0) is 11.3 Å². The number of hydrogen-bond acceptors (Lipinski definition) is 5. The fourth-order valence-electron chi connectivity index (χ4n) is 1.47. The lowest BCUT2D eigenvalue weighted by atomic mass is 10.2. The summed E-state index contributed by atoms with van der Waals surface area (Å²) >= 11 is 5.85. The lowest BCUT2D eigenvalue weighted by Crippen LogP contribution is -1.93. The Morgan fingerprint density at radius 1 is 1.44 bits per heavy atom. The van der Waals surface area contributed by atoms with Gasteiger partial charge in [-0.1, -0.05) is 17.2 Å². The van der Waals surface area contributed by atoms with Crippen molar-refractivity contribution in [2.45, 2.75) is 18.9 Å². The van der Waals surface area contributed by atoms with Gasteiger partial charge in [0.1, 0.15) is 5.38 Å². The van der Waals surface area contributed by atoms with Crippen LogP contribution in [0.4, 0.5) is 11.7 Å². The quantitative estimate of drug-likeness (QED) is 0.843. The lowest BCUT2D eigenvalue weighted by molar-refractivity contribution is 0.185. The first-order valence-electron chi connectivity index (χ1n) is 5.51. The number of methoxy groups -OCH3 is 1. The highest BCUT2D eigenvalue weighted by molar-refractivity contribution is 6.20. The van der Waals surface area contributed by atoms with Crippen molar-refractivity contribution in [3.05, 3.63) is 35.7 Å². The monoisotopic (exact) mass is 267 g/mol. The van der Waals surface area contributed by atoms with Gasteiger partial charge in [0, 0.05) is 12.8 Å². The molecule has 0 aliphatic rings. The molecule has 0 amide bonds. The highest BCUT2D eigenvalue weighted by Gasteiger charge is 2.11. The molecule has 2 aromatic rings. The third kappa shape index (κ3) is 3.21. The van der Waals surface area contributed by atoms with E-state index in [4.69, 9.17) is 20.8 Å². The van der Waals surface area contributed by atoms with Crippen molar-refractivity contribution in [1.29, 1.82) is 0 Å². The van der Waals surface area contributed by atoms with Crippen LogP contribution in [0.3, 0.4) is 0 Å². The van der Waals surface area contributed by atoms with Crippen LogP contribution in [0.15, 0.2) is 28.7 Å². The normalized spacial score (nSPS) is 12.4. The molecule has 0 radical (unpaired) electrons. The molecule has 2 rings (SSSR count). The van der Waals surface area contributed by atoms with E-state index in [-0.39, 0.29) is 5.38 Å². The molecule has 1 N–H and O–H groups in total. The summed E-state index contributed by atoms with van der Waals surface area (Å²) in [5.41, 5.74) is 1.93. The summed E-state index contributed by atoms with van der Waals surface area (Å²) in [5.74, 6) is 0.396. The van der Waals surface area contributed by atoms with Crippen molar-refractivity contribution >= 4 is 23.3 Å². The fourth-order valence-corrected chi connectivity index (χ4v) is 1.56. The second kappa shape index (κ2) is 5.84. The Morgan fingerprint density at radius 2 is 2.28 bits per heavy atom. The zero-order chi connectivity index (χ0) is 13.0. The van der Waals surface area contributed by atoms with Gasteiger partial charge in [-0.3, -0.25) is 0 Å². The number of alkyl halides is 1. The molecule has 0 fully saturated rings. The molecule has 1 unspecified atom stereocenters. The summed E-state index contributed by atoms with van der Waals surface area (Å²) in [6, 6.07) is 8.10. The maximum atomic E-state index is 5.85. The topological polar surface area (TPSA) is 60.2 Å². The fraction of sp³-hybridized carbons (Fsp3) is 0.333. The highest BCUT2D eigenvalue weighted by Crippen LogP contribution is 2.22. The van der Waals surface area contributed by atoms with E-state index in [1.54, 1.807) is 14.0 Å². The van der Waals surface area contributed by atoms with E-state index in [1.165, 1.54) is 0 Å². The number of hydrogen-bond donors (Lipinski definition) is 1. The van der Waals surface area contributed by atoms with Gasteiger partial charge in [-0.15, -0.1) is 16.7 Å². The Balaban J connectivity index is 2.10. The number of nitrogens with zero attached hydrogens (tertiary/aromatic N) is 2. The summed E-state index contributed by atoms with van der Waals surface area (Å²) in [6.07, 6.45) is 0. The van der Waals surface area contributed by atoms with Gasteiger partial charge in [0.25, 0.3) is 0 Å². The first kappa shape index (κ1) is 12.9. The zero-order valence-corrected chi connectivity index (χ0v) is 10.9. The van der Waals surface area contributed by atoms with Crippen molar-refractivity contribution in [2.24, 2.45) is 0 Å². The summed E-state index contributed by atoms with van der Waals surface area (Å²) < 4.78 is 10.4. The Bertz CT molecular complexity index is 514. The molecular formula is C12H14ClN3O2. The van der Waals surface area contributed by atoms with Crippen LogP contribution in [0.1, 0.15) is 23.8 Å². The van der Waals surface area contributed by atoms with Crippen LogP contribution in [0.5, 0.6) is 0 Å². The molecule has 5 nitrogen and oxygen atoms in total. The van der Waals surface area contributed by atoms with Crippen LogP contribution < -0.4 is 5.32 Å². The minimum Gasteiger partial charge on any atom is -0.406 e. The smallest absolute Gasteiger partial charge is 0.320 e. The molecular weight excluding hydrogens is 254 g/mol. The first-order valence-corrected chi connectivity index (χ1v) is 5.95. The molecule has 6 heteroatoms. The summed E-state index contributed by atoms with van der Waals surface area (Å²) in [6.45, 7) is 2.33. The minimum atomic E-state index is -0.298. The average Bonchev–Trinajstić information content (AvgIpc) is 2.78. The van der Waals surface area contributed by atoms with Crippen LogP contribution in [-0.4, -0.2) is 17.3 Å². The van der Waals surface area contributed by atoms with Crippen LogP contribution in [0, 0.1) is 0 Å². The van der Waals surface area contributed by atoms with Crippen molar-refractivity contribution in [3.8, 4) is 0 Å². The van der Waals surface area contributed by atoms with E-state index in [1.807, 2.05) is 24.3 Å². The van der Waals surface area contributed by atoms with Gasteiger partial charge in [0.05, 0.1) is 6.61 Å². The molecule has 0 saturated carbocycles. The molecule has 1 atom stereocenters. The molecule has 0 spiro atoms. The van der Waals surface area contributed by atoms with Gasteiger partial charge >= 0.3 is 6.01 Å². The largest absolute Gasteiger partial charge is 0.406 e. The van der Waals surface area contributed by atoms with Gasteiger partial charge in [0.15, 0.2) is 0 Å². The van der Waals surface area contributed by atoms with E-state index in [9.17, 15) is 0 Å². The number of halogens is 1. The second-order valence-corrected chi connectivity index (χ2v) is 4.47. The second-order valence-electron chi connectivity index (χ2n) is 3.82. The Morgan fingerprint density at radius 3 is 2.94 bits per heavy atom. The third-order valence-corrected chi connectivity index (χ3v) is 2.46. The zero-order valence-electron chi connectivity index (χ0n) is 10.2. The van der Waals surface area contributed by atoms with E-state index < -0.39 is 0 Å². The minimum absolute atomic E-state index is 0.298. The van der Waals surface area contributed by atoms with Crippen LogP contribution in [0.25, 0.3) is 0 Å². The summed E-state index contributed by atoms with van der Waals surface area (Å²) in [5, 5.41) is 10.4. The molecule has 1 aromatic carbocycles. The number of ether oxygens (including phenoxy) is 1. The molecule has 1 aromatic heterocycles. The third-order valence-electron chi connectivity index (χ3n) is 2.27. The van der Waals surface area contributed by atoms with E-state index in [0.717, 1.165) is 11.3 Å². The molecule has 0 saturated heterocycles. The first-order chi connectivity index (χ1) is 8.69. The van der Waals surface area contributed by atoms with E-state index in [2.05, 4.69) is 15.5 Å². The lowest BCUT2D eigenvalue weighted by Gasteiger charge is -2.04. The summed E-state index contributed by atoms with van der Waals surface area (Å²) in [4.78, 5) is 0. The number of rotatable bonds is 5.